The van der Waals surface area contributed by atoms with E-state index < -0.39 is 0 Å². The maximum absolute atomic E-state index is 13.5. The highest BCUT2D eigenvalue weighted by Gasteiger charge is 2.30. The topological polar surface area (TPSA) is 12.0 Å². The first-order valence-electron chi connectivity index (χ1n) is 7.21. The maximum Gasteiger partial charge on any atom is 0.128 e. The Balaban J connectivity index is 1.58. The Morgan fingerprint density at radius 1 is 1.00 bits per heavy atom. The Hall–Kier alpha value is -1.83. The SMILES string of the molecule is Cc1ccc(C2CC(Nc3ccc(C)c(F)c3)C2)cc1. The van der Waals surface area contributed by atoms with Crippen molar-refractivity contribution in [1.82, 2.24) is 0 Å². The van der Waals surface area contributed by atoms with Crippen LogP contribution in [0.25, 0.3) is 0 Å². The van der Waals surface area contributed by atoms with Crippen LogP contribution in [0, 0.1) is 19.7 Å². The summed E-state index contributed by atoms with van der Waals surface area (Å²) in [7, 11) is 0. The molecule has 1 nitrogen and oxygen atoms in total. The number of hydrogen-bond acceptors (Lipinski definition) is 1. The summed E-state index contributed by atoms with van der Waals surface area (Å²) in [5.41, 5.74) is 4.31. The first-order valence-corrected chi connectivity index (χ1v) is 7.21. The summed E-state index contributed by atoms with van der Waals surface area (Å²) >= 11 is 0. The molecule has 0 unspecified atom stereocenters. The number of benzene rings is 2. The molecule has 2 aromatic rings. The van der Waals surface area contributed by atoms with Crippen LogP contribution in [-0.4, -0.2) is 6.04 Å². The van der Waals surface area contributed by atoms with E-state index >= 15 is 0 Å². The van der Waals surface area contributed by atoms with Gasteiger partial charge in [-0.25, -0.2) is 4.39 Å². The molecule has 0 amide bonds. The van der Waals surface area contributed by atoms with Crippen LogP contribution in [0.5, 0.6) is 0 Å². The van der Waals surface area contributed by atoms with Crippen LogP contribution in [0.1, 0.15) is 35.4 Å². The van der Waals surface area contributed by atoms with Gasteiger partial charge in [-0.05, 0) is 55.9 Å². The Bertz CT molecular complexity index is 597. The van der Waals surface area contributed by atoms with Gasteiger partial charge < -0.3 is 5.32 Å². The zero-order chi connectivity index (χ0) is 14.1. The summed E-state index contributed by atoms with van der Waals surface area (Å²) in [5.74, 6) is 0.507. The van der Waals surface area contributed by atoms with Crippen molar-refractivity contribution in [2.75, 3.05) is 5.32 Å². The second-order valence-electron chi connectivity index (χ2n) is 5.88. The van der Waals surface area contributed by atoms with Crippen molar-refractivity contribution in [2.24, 2.45) is 0 Å². The predicted octanol–water partition coefficient (Wildman–Crippen LogP) is 4.80. The Morgan fingerprint density at radius 3 is 2.35 bits per heavy atom. The van der Waals surface area contributed by atoms with Gasteiger partial charge in [0.25, 0.3) is 0 Å². The lowest BCUT2D eigenvalue weighted by Gasteiger charge is -2.37. The van der Waals surface area contributed by atoms with Gasteiger partial charge in [-0.2, -0.15) is 0 Å². The van der Waals surface area contributed by atoms with E-state index in [2.05, 4.69) is 36.5 Å². The van der Waals surface area contributed by atoms with Gasteiger partial charge in [0, 0.05) is 11.7 Å². The zero-order valence-corrected chi connectivity index (χ0v) is 12.0. The molecule has 0 radical (unpaired) electrons. The lowest BCUT2D eigenvalue weighted by Crippen LogP contribution is -2.34. The quantitative estimate of drug-likeness (QED) is 0.844. The number of rotatable bonds is 3. The largest absolute Gasteiger partial charge is 0.382 e. The van der Waals surface area contributed by atoms with E-state index in [0.29, 0.717) is 17.5 Å². The third-order valence-corrected chi connectivity index (χ3v) is 4.23. The monoisotopic (exact) mass is 269 g/mol. The first-order chi connectivity index (χ1) is 9.61. The van der Waals surface area contributed by atoms with Gasteiger partial charge in [-0.1, -0.05) is 35.9 Å². The highest BCUT2D eigenvalue weighted by molar-refractivity contribution is 5.47. The average Bonchev–Trinajstić information content (AvgIpc) is 2.39. The predicted molar refractivity (Wildman–Crippen MR) is 81.7 cm³/mol. The average molecular weight is 269 g/mol. The second kappa shape index (κ2) is 5.28. The minimum atomic E-state index is -0.135. The van der Waals surface area contributed by atoms with Crippen molar-refractivity contribution >= 4 is 5.69 Å². The number of hydrogen-bond donors (Lipinski definition) is 1. The van der Waals surface area contributed by atoms with E-state index in [0.717, 1.165) is 18.5 Å². The number of aryl methyl sites for hydroxylation is 2. The molecule has 0 aliphatic heterocycles. The molecule has 1 saturated carbocycles. The Labute approximate surface area is 119 Å². The molecule has 1 fully saturated rings. The molecule has 0 saturated heterocycles. The molecule has 0 heterocycles. The smallest absolute Gasteiger partial charge is 0.128 e. The third-order valence-electron chi connectivity index (χ3n) is 4.23. The van der Waals surface area contributed by atoms with E-state index in [4.69, 9.17) is 0 Å². The molecule has 2 aromatic carbocycles. The van der Waals surface area contributed by atoms with E-state index in [-0.39, 0.29) is 5.82 Å². The van der Waals surface area contributed by atoms with Crippen molar-refractivity contribution in [3.05, 3.63) is 65.0 Å². The van der Waals surface area contributed by atoms with Crippen molar-refractivity contribution in [3.63, 3.8) is 0 Å². The normalized spacial score (nSPS) is 21.4. The van der Waals surface area contributed by atoms with Crippen LogP contribution < -0.4 is 5.32 Å². The van der Waals surface area contributed by atoms with Crippen molar-refractivity contribution < 1.29 is 4.39 Å². The van der Waals surface area contributed by atoms with Gasteiger partial charge in [0.05, 0.1) is 0 Å². The molecule has 0 spiro atoms. The highest BCUT2D eigenvalue weighted by Crippen LogP contribution is 2.38. The molecule has 1 N–H and O–H groups in total. The molecule has 1 aliphatic rings. The van der Waals surface area contributed by atoms with Crippen LogP contribution >= 0.6 is 0 Å². The summed E-state index contributed by atoms with van der Waals surface area (Å²) < 4.78 is 13.5. The molecule has 2 heteroatoms. The first kappa shape index (κ1) is 13.2. The van der Waals surface area contributed by atoms with Gasteiger partial charge in [0.15, 0.2) is 0 Å². The van der Waals surface area contributed by atoms with Gasteiger partial charge in [-0.15, -0.1) is 0 Å². The van der Waals surface area contributed by atoms with Crippen molar-refractivity contribution in [3.8, 4) is 0 Å². The van der Waals surface area contributed by atoms with E-state index in [1.54, 1.807) is 13.0 Å². The van der Waals surface area contributed by atoms with Gasteiger partial charge in [0.1, 0.15) is 5.82 Å². The van der Waals surface area contributed by atoms with Crippen LogP contribution in [0.2, 0.25) is 0 Å². The van der Waals surface area contributed by atoms with Crippen LogP contribution in [0.4, 0.5) is 10.1 Å². The summed E-state index contributed by atoms with van der Waals surface area (Å²) in [6.07, 6.45) is 2.25. The molecular weight excluding hydrogens is 249 g/mol. The van der Waals surface area contributed by atoms with Crippen molar-refractivity contribution in [1.29, 1.82) is 0 Å². The highest BCUT2D eigenvalue weighted by atomic mass is 19.1. The molecular formula is C18H20FN. The molecule has 0 bridgehead atoms. The van der Waals surface area contributed by atoms with Crippen LogP contribution in [0.15, 0.2) is 42.5 Å². The molecule has 104 valence electrons. The summed E-state index contributed by atoms with van der Waals surface area (Å²) in [4.78, 5) is 0. The standard InChI is InChI=1S/C18H20FN/c1-12-3-6-14(7-4-12)15-9-17(10-15)20-16-8-5-13(2)18(19)11-16/h3-8,11,15,17,20H,9-10H2,1-2H3. The lowest BCUT2D eigenvalue weighted by atomic mass is 9.75. The summed E-state index contributed by atoms with van der Waals surface area (Å²) in [6.45, 7) is 3.90. The fraction of sp³-hybridized carbons (Fsp3) is 0.333. The lowest BCUT2D eigenvalue weighted by molar-refractivity contribution is 0.374. The molecule has 0 aromatic heterocycles. The minimum absolute atomic E-state index is 0.135. The molecule has 3 rings (SSSR count). The Kier molecular flexibility index (Phi) is 3.47. The molecule has 0 atom stereocenters. The number of anilines is 1. The summed E-state index contributed by atoms with van der Waals surface area (Å²) in [5, 5.41) is 3.42. The number of halogens is 1. The number of nitrogens with one attached hydrogen (secondary N) is 1. The third kappa shape index (κ3) is 2.69. The fourth-order valence-corrected chi connectivity index (χ4v) is 2.76. The van der Waals surface area contributed by atoms with E-state index in [9.17, 15) is 4.39 Å². The zero-order valence-electron chi connectivity index (χ0n) is 12.0. The van der Waals surface area contributed by atoms with Gasteiger partial charge in [-0.3, -0.25) is 0 Å². The summed E-state index contributed by atoms with van der Waals surface area (Å²) in [6, 6.07) is 14.6. The van der Waals surface area contributed by atoms with Crippen molar-refractivity contribution in [2.45, 2.75) is 38.6 Å². The molecule has 1 aliphatic carbocycles. The minimum Gasteiger partial charge on any atom is -0.382 e. The van der Waals surface area contributed by atoms with E-state index in [1.165, 1.54) is 11.1 Å². The van der Waals surface area contributed by atoms with Gasteiger partial charge >= 0.3 is 0 Å². The fourth-order valence-electron chi connectivity index (χ4n) is 2.76. The van der Waals surface area contributed by atoms with Gasteiger partial charge in [0.2, 0.25) is 0 Å². The van der Waals surface area contributed by atoms with Crippen LogP contribution in [-0.2, 0) is 0 Å². The molecule has 20 heavy (non-hydrogen) atoms. The second-order valence-corrected chi connectivity index (χ2v) is 5.88. The van der Waals surface area contributed by atoms with Crippen LogP contribution in [0.3, 0.4) is 0 Å². The Morgan fingerprint density at radius 2 is 1.70 bits per heavy atom. The van der Waals surface area contributed by atoms with E-state index in [1.807, 2.05) is 12.1 Å². The maximum atomic E-state index is 13.5.